The molecule has 4 nitrogen and oxygen atoms in total. The zero-order valence-electron chi connectivity index (χ0n) is 12.3. The molecule has 1 N–H and O–H groups in total. The van der Waals surface area contributed by atoms with Crippen molar-refractivity contribution in [2.45, 2.75) is 6.61 Å². The van der Waals surface area contributed by atoms with Gasteiger partial charge in [-0.15, -0.1) is 0 Å². The van der Waals surface area contributed by atoms with Crippen molar-refractivity contribution in [3.05, 3.63) is 29.6 Å². The lowest BCUT2D eigenvalue weighted by molar-refractivity contribution is 0.229. The molecule has 20 heavy (non-hydrogen) atoms. The van der Waals surface area contributed by atoms with E-state index in [2.05, 4.69) is 28.8 Å². The molecule has 0 aliphatic carbocycles. The van der Waals surface area contributed by atoms with Crippen molar-refractivity contribution in [2.24, 2.45) is 0 Å². The van der Waals surface area contributed by atoms with Gasteiger partial charge in [-0.25, -0.2) is 4.39 Å². The fraction of sp³-hybridized carbons (Fsp3) is 0.600. The highest BCUT2D eigenvalue weighted by Gasteiger charge is 2.19. The molecule has 1 heterocycles. The van der Waals surface area contributed by atoms with Crippen LogP contribution in [-0.4, -0.2) is 68.3 Å². The third-order valence-corrected chi connectivity index (χ3v) is 3.77. The number of benzene rings is 1. The van der Waals surface area contributed by atoms with Gasteiger partial charge in [0.1, 0.15) is 5.82 Å². The summed E-state index contributed by atoms with van der Waals surface area (Å²) in [5.41, 5.74) is 1.27. The van der Waals surface area contributed by atoms with Gasteiger partial charge in [0.05, 0.1) is 12.3 Å². The van der Waals surface area contributed by atoms with Gasteiger partial charge in [-0.05, 0) is 31.8 Å². The maximum Gasteiger partial charge on any atom is 0.146 e. The Bertz CT molecular complexity index is 431. The van der Waals surface area contributed by atoms with Crippen LogP contribution >= 0.6 is 0 Å². The molecule has 0 aromatic heterocycles. The fourth-order valence-corrected chi connectivity index (χ4v) is 2.46. The predicted molar refractivity (Wildman–Crippen MR) is 79.5 cm³/mol. The molecule has 1 aromatic carbocycles. The molecule has 0 unspecified atom stereocenters. The Morgan fingerprint density at radius 1 is 1.20 bits per heavy atom. The van der Waals surface area contributed by atoms with Gasteiger partial charge in [0, 0.05) is 39.3 Å². The van der Waals surface area contributed by atoms with E-state index in [1.54, 1.807) is 12.1 Å². The first-order valence-corrected chi connectivity index (χ1v) is 7.11. The summed E-state index contributed by atoms with van der Waals surface area (Å²) in [6.07, 6.45) is 0. The summed E-state index contributed by atoms with van der Waals surface area (Å²) in [6, 6.07) is 4.99. The standard InChI is InChI=1S/C15H24FN3O/c1-17(2)5-6-18-7-9-19(10-8-18)15-4-3-13(12-20)11-14(15)16/h3-4,11,20H,5-10,12H2,1-2H3. The monoisotopic (exact) mass is 281 g/mol. The molecule has 0 saturated carbocycles. The summed E-state index contributed by atoms with van der Waals surface area (Å²) in [6.45, 7) is 5.64. The lowest BCUT2D eigenvalue weighted by Crippen LogP contribution is -2.48. The first-order chi connectivity index (χ1) is 9.60. The Balaban J connectivity index is 1.90. The highest BCUT2D eigenvalue weighted by Crippen LogP contribution is 2.22. The zero-order chi connectivity index (χ0) is 14.5. The van der Waals surface area contributed by atoms with Crippen molar-refractivity contribution < 1.29 is 9.50 Å². The van der Waals surface area contributed by atoms with Crippen LogP contribution in [0.5, 0.6) is 0 Å². The minimum atomic E-state index is -0.238. The molecule has 0 radical (unpaired) electrons. The van der Waals surface area contributed by atoms with Crippen LogP contribution in [0.2, 0.25) is 0 Å². The molecule has 1 fully saturated rings. The first kappa shape index (κ1) is 15.2. The van der Waals surface area contributed by atoms with E-state index in [1.165, 1.54) is 6.07 Å². The number of piperazine rings is 1. The number of aliphatic hydroxyl groups excluding tert-OH is 1. The topological polar surface area (TPSA) is 30.0 Å². The number of hydrogen-bond donors (Lipinski definition) is 1. The van der Waals surface area contributed by atoms with E-state index in [0.29, 0.717) is 11.3 Å². The number of rotatable bonds is 5. The number of likely N-dealkylation sites (N-methyl/N-ethyl adjacent to an activating group) is 1. The van der Waals surface area contributed by atoms with Crippen molar-refractivity contribution in [3.8, 4) is 0 Å². The molecule has 1 aliphatic rings. The normalized spacial score (nSPS) is 16.9. The molecule has 1 saturated heterocycles. The van der Waals surface area contributed by atoms with Gasteiger partial charge in [0.25, 0.3) is 0 Å². The van der Waals surface area contributed by atoms with E-state index >= 15 is 0 Å². The number of halogens is 1. The van der Waals surface area contributed by atoms with Crippen LogP contribution in [0.3, 0.4) is 0 Å². The van der Waals surface area contributed by atoms with E-state index < -0.39 is 0 Å². The molecule has 5 heteroatoms. The number of nitrogens with zero attached hydrogens (tertiary/aromatic N) is 3. The minimum absolute atomic E-state index is 0.116. The Morgan fingerprint density at radius 2 is 1.90 bits per heavy atom. The van der Waals surface area contributed by atoms with Gasteiger partial charge < -0.3 is 14.9 Å². The largest absolute Gasteiger partial charge is 0.392 e. The smallest absolute Gasteiger partial charge is 0.146 e. The van der Waals surface area contributed by atoms with E-state index in [4.69, 9.17) is 5.11 Å². The van der Waals surface area contributed by atoms with Crippen molar-refractivity contribution in [1.29, 1.82) is 0 Å². The minimum Gasteiger partial charge on any atom is -0.392 e. The molecule has 2 rings (SSSR count). The highest BCUT2D eigenvalue weighted by molar-refractivity contribution is 5.49. The van der Waals surface area contributed by atoms with Crippen molar-refractivity contribution in [2.75, 3.05) is 58.3 Å². The van der Waals surface area contributed by atoms with Gasteiger partial charge >= 0.3 is 0 Å². The van der Waals surface area contributed by atoms with Crippen molar-refractivity contribution in [1.82, 2.24) is 9.80 Å². The molecular formula is C15H24FN3O. The van der Waals surface area contributed by atoms with Gasteiger partial charge in [0.2, 0.25) is 0 Å². The van der Waals surface area contributed by atoms with E-state index in [0.717, 1.165) is 39.3 Å². The summed E-state index contributed by atoms with van der Waals surface area (Å²) in [5, 5.41) is 9.01. The molecule has 0 bridgehead atoms. The Labute approximate surface area is 120 Å². The predicted octanol–water partition coefficient (Wildman–Crippen LogP) is 1.00. The second-order valence-corrected chi connectivity index (χ2v) is 5.58. The summed E-state index contributed by atoms with van der Waals surface area (Å²) in [4.78, 5) is 6.68. The average Bonchev–Trinajstić information content (AvgIpc) is 2.45. The highest BCUT2D eigenvalue weighted by atomic mass is 19.1. The number of hydrogen-bond acceptors (Lipinski definition) is 4. The summed E-state index contributed by atoms with van der Waals surface area (Å²) < 4.78 is 14.0. The first-order valence-electron chi connectivity index (χ1n) is 7.11. The summed E-state index contributed by atoms with van der Waals surface area (Å²) in [5.74, 6) is -0.238. The fourth-order valence-electron chi connectivity index (χ4n) is 2.46. The SMILES string of the molecule is CN(C)CCN1CCN(c2ccc(CO)cc2F)CC1. The molecule has 0 atom stereocenters. The second kappa shape index (κ2) is 7.02. The van der Waals surface area contributed by atoms with Gasteiger partial charge in [-0.1, -0.05) is 6.07 Å². The van der Waals surface area contributed by atoms with Crippen LogP contribution in [0.4, 0.5) is 10.1 Å². The van der Waals surface area contributed by atoms with Gasteiger partial charge in [-0.2, -0.15) is 0 Å². The van der Waals surface area contributed by atoms with Crippen LogP contribution < -0.4 is 4.90 Å². The molecule has 1 aromatic rings. The maximum absolute atomic E-state index is 14.0. The number of aliphatic hydroxyl groups is 1. The zero-order valence-corrected chi connectivity index (χ0v) is 12.3. The Morgan fingerprint density at radius 3 is 2.45 bits per heavy atom. The maximum atomic E-state index is 14.0. The molecular weight excluding hydrogens is 257 g/mol. The summed E-state index contributed by atoms with van der Waals surface area (Å²) in [7, 11) is 4.16. The lowest BCUT2D eigenvalue weighted by atomic mass is 10.1. The molecule has 0 spiro atoms. The van der Waals surface area contributed by atoms with E-state index in [-0.39, 0.29) is 12.4 Å². The second-order valence-electron chi connectivity index (χ2n) is 5.58. The third kappa shape index (κ3) is 3.91. The van der Waals surface area contributed by atoms with Crippen LogP contribution in [0, 0.1) is 5.82 Å². The van der Waals surface area contributed by atoms with Gasteiger partial charge in [-0.3, -0.25) is 4.90 Å². The van der Waals surface area contributed by atoms with Crippen molar-refractivity contribution >= 4 is 5.69 Å². The van der Waals surface area contributed by atoms with E-state index in [9.17, 15) is 4.39 Å². The van der Waals surface area contributed by atoms with E-state index in [1.807, 2.05) is 0 Å². The van der Waals surface area contributed by atoms with Crippen LogP contribution in [0.15, 0.2) is 18.2 Å². The van der Waals surface area contributed by atoms with Crippen LogP contribution in [0.25, 0.3) is 0 Å². The molecule has 0 amide bonds. The Hall–Kier alpha value is -1.17. The molecule has 112 valence electrons. The Kier molecular flexibility index (Phi) is 5.34. The molecule has 1 aliphatic heterocycles. The lowest BCUT2D eigenvalue weighted by Gasteiger charge is -2.36. The van der Waals surface area contributed by atoms with Crippen LogP contribution in [-0.2, 0) is 6.61 Å². The number of anilines is 1. The summed E-state index contributed by atoms with van der Waals surface area (Å²) >= 11 is 0. The van der Waals surface area contributed by atoms with Crippen molar-refractivity contribution in [3.63, 3.8) is 0 Å². The third-order valence-electron chi connectivity index (χ3n) is 3.77. The van der Waals surface area contributed by atoms with Gasteiger partial charge in [0.15, 0.2) is 0 Å². The average molecular weight is 281 g/mol. The quantitative estimate of drug-likeness (QED) is 0.872. The van der Waals surface area contributed by atoms with Crippen LogP contribution in [0.1, 0.15) is 5.56 Å².